The molecule has 1 heterocycles. The van der Waals surface area contributed by atoms with E-state index in [4.69, 9.17) is 0 Å². The van der Waals surface area contributed by atoms with Crippen LogP contribution in [0.2, 0.25) is 0 Å². The van der Waals surface area contributed by atoms with Crippen molar-refractivity contribution in [3.05, 3.63) is 30.3 Å². The zero-order valence-electron chi connectivity index (χ0n) is 10.6. The zero-order valence-corrected chi connectivity index (χ0v) is 12.7. The van der Waals surface area contributed by atoms with Gasteiger partial charge in [-0.15, -0.1) is 0 Å². The molecular formula is C13H18IN3O. The number of carbonyl (C=O) groups excluding carboxylic acids is 1. The van der Waals surface area contributed by atoms with Crippen LogP contribution in [-0.4, -0.2) is 53.7 Å². The molecule has 1 fully saturated rings. The number of para-hydroxylation sites is 1. The molecule has 5 heteroatoms. The van der Waals surface area contributed by atoms with Gasteiger partial charge in [-0.3, -0.25) is 9.69 Å². The molecule has 18 heavy (non-hydrogen) atoms. The van der Waals surface area contributed by atoms with Crippen LogP contribution in [0.5, 0.6) is 0 Å². The highest BCUT2D eigenvalue weighted by Crippen LogP contribution is 2.12. The van der Waals surface area contributed by atoms with Crippen molar-refractivity contribution < 1.29 is 4.79 Å². The average Bonchev–Trinajstić information content (AvgIpc) is 2.41. The van der Waals surface area contributed by atoms with Gasteiger partial charge >= 0.3 is 0 Å². The summed E-state index contributed by atoms with van der Waals surface area (Å²) in [5, 5.41) is 0. The molecule has 1 aromatic rings. The van der Waals surface area contributed by atoms with Gasteiger partial charge in [-0.1, -0.05) is 18.2 Å². The van der Waals surface area contributed by atoms with Crippen LogP contribution in [0.15, 0.2) is 30.3 Å². The molecule has 0 radical (unpaired) electrons. The SMILES string of the molecule is CN(C(=O)CN1CCN(I)CC1)c1ccccc1. The van der Waals surface area contributed by atoms with E-state index in [0.29, 0.717) is 6.54 Å². The van der Waals surface area contributed by atoms with Gasteiger partial charge in [-0.25, -0.2) is 3.11 Å². The smallest absolute Gasteiger partial charge is 0.240 e. The molecule has 98 valence electrons. The van der Waals surface area contributed by atoms with Crippen molar-refractivity contribution in [2.45, 2.75) is 0 Å². The minimum Gasteiger partial charge on any atom is -0.314 e. The van der Waals surface area contributed by atoms with Crippen LogP contribution in [0.1, 0.15) is 0 Å². The van der Waals surface area contributed by atoms with Crippen LogP contribution in [-0.2, 0) is 4.79 Å². The quantitative estimate of drug-likeness (QED) is 0.606. The molecule has 4 nitrogen and oxygen atoms in total. The fourth-order valence-electron chi connectivity index (χ4n) is 1.97. The molecule has 0 atom stereocenters. The second kappa shape index (κ2) is 6.49. The number of rotatable bonds is 3. The number of benzene rings is 1. The van der Waals surface area contributed by atoms with E-state index in [-0.39, 0.29) is 5.91 Å². The highest BCUT2D eigenvalue weighted by molar-refractivity contribution is 14.1. The molecule has 1 aliphatic heterocycles. The number of amides is 1. The van der Waals surface area contributed by atoms with E-state index in [0.717, 1.165) is 31.9 Å². The topological polar surface area (TPSA) is 26.8 Å². The molecular weight excluding hydrogens is 341 g/mol. The third kappa shape index (κ3) is 3.66. The molecule has 1 saturated heterocycles. The summed E-state index contributed by atoms with van der Waals surface area (Å²) in [6.45, 7) is 4.51. The maximum absolute atomic E-state index is 12.2. The molecule has 1 aliphatic rings. The lowest BCUT2D eigenvalue weighted by molar-refractivity contribution is -0.119. The first-order valence-electron chi connectivity index (χ1n) is 6.11. The van der Waals surface area contributed by atoms with Crippen molar-refractivity contribution >= 4 is 34.5 Å². The first kappa shape index (κ1) is 13.8. The molecule has 0 aliphatic carbocycles. The Bertz CT molecular complexity index is 390. The largest absolute Gasteiger partial charge is 0.314 e. The van der Waals surface area contributed by atoms with Crippen molar-refractivity contribution in [3.8, 4) is 0 Å². The van der Waals surface area contributed by atoms with Gasteiger partial charge in [0.25, 0.3) is 0 Å². The lowest BCUT2D eigenvalue weighted by Gasteiger charge is -2.31. The number of halogens is 1. The predicted octanol–water partition coefficient (Wildman–Crippen LogP) is 1.62. The van der Waals surface area contributed by atoms with E-state index >= 15 is 0 Å². The van der Waals surface area contributed by atoms with Gasteiger partial charge in [-0.05, 0) is 12.1 Å². The molecule has 0 aromatic heterocycles. The Labute approximate surface area is 122 Å². The summed E-state index contributed by atoms with van der Waals surface area (Å²) in [6.07, 6.45) is 0. The van der Waals surface area contributed by atoms with Gasteiger partial charge in [-0.2, -0.15) is 0 Å². The first-order valence-corrected chi connectivity index (χ1v) is 7.08. The third-order valence-electron chi connectivity index (χ3n) is 3.19. The van der Waals surface area contributed by atoms with Crippen LogP contribution in [0, 0.1) is 0 Å². The van der Waals surface area contributed by atoms with E-state index in [2.05, 4.69) is 30.9 Å². The summed E-state index contributed by atoms with van der Waals surface area (Å²) in [7, 11) is 1.84. The second-order valence-corrected chi connectivity index (χ2v) is 5.84. The van der Waals surface area contributed by atoms with Crippen LogP contribution in [0.25, 0.3) is 0 Å². The van der Waals surface area contributed by atoms with Crippen LogP contribution >= 0.6 is 22.9 Å². The summed E-state index contributed by atoms with van der Waals surface area (Å²) >= 11 is 2.33. The minimum absolute atomic E-state index is 0.156. The highest BCUT2D eigenvalue weighted by Gasteiger charge is 2.19. The Hall–Kier alpha value is -0.660. The van der Waals surface area contributed by atoms with E-state index in [1.165, 1.54) is 0 Å². The molecule has 0 N–H and O–H groups in total. The fourth-order valence-corrected chi connectivity index (χ4v) is 2.41. The molecule has 0 bridgehead atoms. The van der Waals surface area contributed by atoms with Gasteiger partial charge in [0.2, 0.25) is 5.91 Å². The minimum atomic E-state index is 0.156. The Morgan fingerprint density at radius 1 is 1.22 bits per heavy atom. The molecule has 0 saturated carbocycles. The maximum Gasteiger partial charge on any atom is 0.240 e. The number of anilines is 1. The Balaban J connectivity index is 1.88. The van der Waals surface area contributed by atoms with Crippen molar-refractivity contribution in [1.29, 1.82) is 0 Å². The number of likely N-dealkylation sites (N-methyl/N-ethyl adjacent to an activating group) is 1. The summed E-state index contributed by atoms with van der Waals surface area (Å²) in [5.74, 6) is 0.156. The summed E-state index contributed by atoms with van der Waals surface area (Å²) in [4.78, 5) is 16.1. The third-order valence-corrected chi connectivity index (χ3v) is 4.16. The number of hydrogen-bond acceptors (Lipinski definition) is 3. The van der Waals surface area contributed by atoms with Crippen molar-refractivity contribution in [2.75, 3.05) is 44.7 Å². The van der Waals surface area contributed by atoms with E-state index in [1.807, 2.05) is 37.4 Å². The summed E-state index contributed by atoms with van der Waals surface area (Å²) < 4.78 is 2.26. The first-order chi connectivity index (χ1) is 8.66. The van der Waals surface area contributed by atoms with E-state index < -0.39 is 0 Å². The Morgan fingerprint density at radius 2 is 1.83 bits per heavy atom. The summed E-state index contributed by atoms with van der Waals surface area (Å²) in [5.41, 5.74) is 0.954. The standard InChI is InChI=1S/C13H18IN3O/c1-15(12-5-3-2-4-6-12)13(18)11-16-7-9-17(14)10-8-16/h2-6H,7-11H2,1H3. The highest BCUT2D eigenvalue weighted by atomic mass is 127. The van der Waals surface area contributed by atoms with Gasteiger partial charge < -0.3 is 4.90 Å². The van der Waals surface area contributed by atoms with Crippen LogP contribution < -0.4 is 4.90 Å². The lowest BCUT2D eigenvalue weighted by atomic mass is 10.3. The van der Waals surface area contributed by atoms with Gasteiger partial charge in [0.05, 0.1) is 6.54 Å². The zero-order chi connectivity index (χ0) is 13.0. The molecule has 0 unspecified atom stereocenters. The predicted molar refractivity (Wildman–Crippen MR) is 81.9 cm³/mol. The van der Waals surface area contributed by atoms with Gasteiger partial charge in [0.1, 0.15) is 0 Å². The number of hydrogen-bond donors (Lipinski definition) is 0. The van der Waals surface area contributed by atoms with Crippen molar-refractivity contribution in [2.24, 2.45) is 0 Å². The summed E-state index contributed by atoms with van der Waals surface area (Å²) in [6, 6.07) is 9.78. The van der Waals surface area contributed by atoms with Crippen molar-refractivity contribution in [3.63, 3.8) is 0 Å². The van der Waals surface area contributed by atoms with E-state index in [1.54, 1.807) is 4.90 Å². The molecule has 0 spiro atoms. The van der Waals surface area contributed by atoms with Crippen molar-refractivity contribution in [1.82, 2.24) is 8.01 Å². The molecule has 2 rings (SSSR count). The fraction of sp³-hybridized carbons (Fsp3) is 0.462. The normalized spacial score (nSPS) is 17.7. The van der Waals surface area contributed by atoms with Crippen LogP contribution in [0.3, 0.4) is 0 Å². The average molecular weight is 359 g/mol. The van der Waals surface area contributed by atoms with Gasteiger partial charge in [0.15, 0.2) is 0 Å². The Morgan fingerprint density at radius 3 is 2.44 bits per heavy atom. The monoisotopic (exact) mass is 359 g/mol. The molecule has 1 amide bonds. The Kier molecular flexibility index (Phi) is 4.96. The maximum atomic E-state index is 12.2. The molecule has 1 aromatic carbocycles. The number of carbonyl (C=O) groups is 1. The lowest BCUT2D eigenvalue weighted by Crippen LogP contribution is -2.47. The number of nitrogens with zero attached hydrogens (tertiary/aromatic N) is 3. The number of piperazine rings is 1. The van der Waals surface area contributed by atoms with E-state index in [9.17, 15) is 4.79 Å². The second-order valence-electron chi connectivity index (χ2n) is 4.47. The van der Waals surface area contributed by atoms with Gasteiger partial charge in [0, 0.05) is 61.8 Å². The van der Waals surface area contributed by atoms with Crippen LogP contribution in [0.4, 0.5) is 5.69 Å².